The maximum Gasteiger partial charge on any atom is 0.315 e. The summed E-state index contributed by atoms with van der Waals surface area (Å²) in [4.78, 5) is 25.5. The normalized spacial score (nSPS) is 20.6. The van der Waals surface area contributed by atoms with Gasteiger partial charge in [-0.3, -0.25) is 4.79 Å². The third kappa shape index (κ3) is 3.94. The van der Waals surface area contributed by atoms with Gasteiger partial charge in [-0.25, -0.2) is 9.18 Å². The molecule has 8 heteroatoms. The fourth-order valence-corrected chi connectivity index (χ4v) is 2.92. The molecule has 1 aromatic rings. The zero-order valence-corrected chi connectivity index (χ0v) is 13.3. The molecule has 0 unspecified atom stereocenters. The van der Waals surface area contributed by atoms with E-state index in [1.165, 1.54) is 12.1 Å². The van der Waals surface area contributed by atoms with Gasteiger partial charge in [0, 0.05) is 31.9 Å². The molecule has 2 heterocycles. The topological polar surface area (TPSA) is 82.7 Å². The van der Waals surface area contributed by atoms with Crippen molar-refractivity contribution in [3.63, 3.8) is 0 Å². The van der Waals surface area contributed by atoms with Crippen molar-refractivity contribution >= 4 is 17.6 Å². The van der Waals surface area contributed by atoms with E-state index in [-0.39, 0.29) is 18.3 Å². The molecule has 2 aliphatic rings. The van der Waals surface area contributed by atoms with E-state index in [2.05, 4.69) is 20.9 Å². The van der Waals surface area contributed by atoms with Gasteiger partial charge in [0.2, 0.25) is 5.91 Å². The number of anilines is 1. The Bertz CT molecular complexity index is 619. The van der Waals surface area contributed by atoms with Crippen molar-refractivity contribution in [2.24, 2.45) is 0 Å². The molecule has 7 nitrogen and oxygen atoms in total. The molecule has 2 saturated heterocycles. The van der Waals surface area contributed by atoms with E-state index in [1.807, 2.05) is 0 Å². The lowest BCUT2D eigenvalue weighted by Crippen LogP contribution is -2.45. The summed E-state index contributed by atoms with van der Waals surface area (Å²) in [5.74, 6) is -0.524. The van der Waals surface area contributed by atoms with Crippen molar-refractivity contribution in [1.82, 2.24) is 16.0 Å². The number of carbonyl (C=O) groups is 2. The zero-order valence-electron chi connectivity index (χ0n) is 13.3. The molecule has 0 spiro atoms. The highest BCUT2D eigenvalue weighted by atomic mass is 19.1. The lowest BCUT2D eigenvalue weighted by atomic mass is 10.1. The number of hydrogen-bond acceptors (Lipinski definition) is 4. The lowest BCUT2D eigenvalue weighted by Gasteiger charge is -2.30. The van der Waals surface area contributed by atoms with Gasteiger partial charge < -0.3 is 25.6 Å². The number of rotatable bonds is 4. The fourth-order valence-electron chi connectivity index (χ4n) is 2.92. The SMILES string of the molecule is O=C(NCc1cc(F)ccc1N1CCOCC1)N[C@H]1CCNC1=O. The standard InChI is InChI=1S/C16H21FN4O3/c17-12-1-2-14(21-5-7-24-8-6-21)11(9-12)10-19-16(23)20-13-3-4-18-15(13)22/h1-2,9,13H,3-8,10H2,(H,18,22)(H2,19,20,23)/t13-/m0/s1. The number of ether oxygens (including phenoxy) is 1. The summed E-state index contributed by atoms with van der Waals surface area (Å²) in [6.07, 6.45) is 0.575. The van der Waals surface area contributed by atoms with Gasteiger partial charge in [0.25, 0.3) is 0 Å². The summed E-state index contributed by atoms with van der Waals surface area (Å²) in [6, 6.07) is 3.62. The molecule has 2 fully saturated rings. The van der Waals surface area contributed by atoms with E-state index in [1.54, 1.807) is 6.07 Å². The van der Waals surface area contributed by atoms with E-state index >= 15 is 0 Å². The van der Waals surface area contributed by atoms with E-state index < -0.39 is 12.1 Å². The van der Waals surface area contributed by atoms with Crippen molar-refractivity contribution in [2.45, 2.75) is 19.0 Å². The third-order valence-electron chi connectivity index (χ3n) is 4.19. The van der Waals surface area contributed by atoms with E-state index in [9.17, 15) is 14.0 Å². The van der Waals surface area contributed by atoms with Crippen LogP contribution >= 0.6 is 0 Å². The summed E-state index contributed by atoms with van der Waals surface area (Å²) in [5, 5.41) is 7.98. The molecule has 3 N–H and O–H groups in total. The first kappa shape index (κ1) is 16.5. The molecule has 1 aromatic carbocycles. The van der Waals surface area contributed by atoms with E-state index in [0.29, 0.717) is 31.7 Å². The minimum absolute atomic E-state index is 0.176. The first-order chi connectivity index (χ1) is 11.6. The van der Waals surface area contributed by atoms with Crippen LogP contribution in [-0.4, -0.2) is 50.8 Å². The summed E-state index contributed by atoms with van der Waals surface area (Å²) in [7, 11) is 0. The molecule has 3 rings (SSSR count). The molecular formula is C16H21FN4O3. The lowest BCUT2D eigenvalue weighted by molar-refractivity contribution is -0.120. The second kappa shape index (κ2) is 7.48. The number of amides is 3. The maximum atomic E-state index is 13.6. The number of benzene rings is 1. The smallest absolute Gasteiger partial charge is 0.315 e. The van der Waals surface area contributed by atoms with Crippen molar-refractivity contribution in [3.8, 4) is 0 Å². The molecule has 2 aliphatic heterocycles. The van der Waals surface area contributed by atoms with Gasteiger partial charge in [0.1, 0.15) is 11.9 Å². The average molecular weight is 336 g/mol. The largest absolute Gasteiger partial charge is 0.378 e. The van der Waals surface area contributed by atoms with Crippen molar-refractivity contribution < 1.29 is 18.7 Å². The number of carbonyl (C=O) groups excluding carboxylic acids is 2. The number of hydrogen-bond donors (Lipinski definition) is 3. The van der Waals surface area contributed by atoms with Crippen LogP contribution < -0.4 is 20.9 Å². The quantitative estimate of drug-likeness (QED) is 0.741. The summed E-state index contributed by atoms with van der Waals surface area (Å²) >= 11 is 0. The van der Waals surface area contributed by atoms with Gasteiger partial charge in [-0.1, -0.05) is 0 Å². The number of morpholine rings is 1. The van der Waals surface area contributed by atoms with Gasteiger partial charge in [-0.05, 0) is 30.2 Å². The second-order valence-corrected chi connectivity index (χ2v) is 5.83. The fraction of sp³-hybridized carbons (Fsp3) is 0.500. The van der Waals surface area contributed by atoms with Crippen LogP contribution in [0.1, 0.15) is 12.0 Å². The Balaban J connectivity index is 1.62. The van der Waals surface area contributed by atoms with Crippen LogP contribution in [0.15, 0.2) is 18.2 Å². The molecule has 3 amide bonds. The molecule has 1 atom stereocenters. The van der Waals surface area contributed by atoms with Gasteiger partial charge in [-0.2, -0.15) is 0 Å². The average Bonchev–Trinajstić information content (AvgIpc) is 2.99. The Labute approximate surface area is 139 Å². The van der Waals surface area contributed by atoms with Crippen LogP contribution in [0.5, 0.6) is 0 Å². The highest BCUT2D eigenvalue weighted by Crippen LogP contribution is 2.22. The van der Waals surface area contributed by atoms with Gasteiger partial charge >= 0.3 is 6.03 Å². The van der Waals surface area contributed by atoms with Crippen LogP contribution in [0.4, 0.5) is 14.9 Å². The van der Waals surface area contributed by atoms with E-state index in [4.69, 9.17) is 4.74 Å². The Hall–Kier alpha value is -2.35. The van der Waals surface area contributed by atoms with Crippen LogP contribution in [0, 0.1) is 5.82 Å². The summed E-state index contributed by atoms with van der Waals surface area (Å²) in [6.45, 7) is 3.46. The van der Waals surface area contributed by atoms with Crippen LogP contribution in [0.25, 0.3) is 0 Å². The second-order valence-electron chi connectivity index (χ2n) is 5.83. The third-order valence-corrected chi connectivity index (χ3v) is 4.19. The van der Waals surface area contributed by atoms with Crippen molar-refractivity contribution in [3.05, 3.63) is 29.6 Å². The van der Waals surface area contributed by atoms with Crippen LogP contribution in [-0.2, 0) is 16.1 Å². The van der Waals surface area contributed by atoms with Crippen LogP contribution in [0.3, 0.4) is 0 Å². The van der Waals surface area contributed by atoms with Gasteiger partial charge in [0.05, 0.1) is 13.2 Å². The monoisotopic (exact) mass is 336 g/mol. The Morgan fingerprint density at radius 3 is 2.88 bits per heavy atom. The first-order valence-electron chi connectivity index (χ1n) is 8.06. The molecule has 0 aromatic heterocycles. The number of nitrogens with zero attached hydrogens (tertiary/aromatic N) is 1. The maximum absolute atomic E-state index is 13.6. The Kier molecular flexibility index (Phi) is 5.14. The number of nitrogens with one attached hydrogen (secondary N) is 3. The Morgan fingerprint density at radius 2 is 2.17 bits per heavy atom. The molecule has 0 aliphatic carbocycles. The highest BCUT2D eigenvalue weighted by molar-refractivity contribution is 5.88. The van der Waals surface area contributed by atoms with Gasteiger partial charge in [-0.15, -0.1) is 0 Å². The zero-order chi connectivity index (χ0) is 16.9. The van der Waals surface area contributed by atoms with Crippen LogP contribution in [0.2, 0.25) is 0 Å². The molecule has 0 bridgehead atoms. The minimum Gasteiger partial charge on any atom is -0.378 e. The molecule has 24 heavy (non-hydrogen) atoms. The van der Waals surface area contributed by atoms with Gasteiger partial charge in [0.15, 0.2) is 0 Å². The van der Waals surface area contributed by atoms with E-state index in [0.717, 1.165) is 18.8 Å². The minimum atomic E-state index is -0.503. The molecular weight excluding hydrogens is 315 g/mol. The molecule has 130 valence electrons. The van der Waals surface area contributed by atoms with Crippen molar-refractivity contribution in [1.29, 1.82) is 0 Å². The predicted molar refractivity (Wildman–Crippen MR) is 86.2 cm³/mol. The highest BCUT2D eigenvalue weighted by Gasteiger charge is 2.25. The first-order valence-corrected chi connectivity index (χ1v) is 8.06. The summed E-state index contributed by atoms with van der Waals surface area (Å²) < 4.78 is 18.9. The molecule has 0 saturated carbocycles. The Morgan fingerprint density at radius 1 is 1.38 bits per heavy atom. The van der Waals surface area contributed by atoms with Crippen molar-refractivity contribution in [2.75, 3.05) is 37.7 Å². The molecule has 0 radical (unpaired) electrons. The number of urea groups is 1. The number of halogens is 1. The predicted octanol–water partition coefficient (Wildman–Crippen LogP) is 0.350. The summed E-state index contributed by atoms with van der Waals surface area (Å²) in [5.41, 5.74) is 1.58.